The van der Waals surface area contributed by atoms with Crippen LogP contribution >= 0.6 is 22.7 Å². The van der Waals surface area contributed by atoms with Gasteiger partial charge in [-0.2, -0.15) is 0 Å². The number of carbonyl (C=O) groups is 2. The second-order valence-corrected chi connectivity index (χ2v) is 8.02. The number of hydrogen-bond acceptors (Lipinski definition) is 7. The highest BCUT2D eigenvalue weighted by atomic mass is 32.1. The van der Waals surface area contributed by atoms with Crippen molar-refractivity contribution in [3.05, 3.63) is 48.3 Å². The number of aryl methyl sites for hydroxylation is 3. The van der Waals surface area contributed by atoms with Crippen LogP contribution in [0.4, 0.5) is 0 Å². The predicted molar refractivity (Wildman–Crippen MR) is 98.5 cm³/mol. The van der Waals surface area contributed by atoms with Gasteiger partial charge in [-0.3, -0.25) is 14.0 Å². The van der Waals surface area contributed by atoms with Gasteiger partial charge in [-0.05, 0) is 27.7 Å². The van der Waals surface area contributed by atoms with E-state index in [-0.39, 0.29) is 10.4 Å². The summed E-state index contributed by atoms with van der Waals surface area (Å²) in [5, 5.41) is 12.3. The van der Waals surface area contributed by atoms with Crippen molar-refractivity contribution in [2.75, 3.05) is 0 Å². The van der Waals surface area contributed by atoms with Gasteiger partial charge in [0.15, 0.2) is 4.96 Å². The fourth-order valence-electron chi connectivity index (χ4n) is 2.47. The highest BCUT2D eigenvalue weighted by Crippen LogP contribution is 2.24. The number of carboxylic acids is 1. The molecule has 2 N–H and O–H groups in total. The average molecular weight is 392 g/mol. The Bertz CT molecular complexity index is 1100. The van der Waals surface area contributed by atoms with Crippen molar-refractivity contribution in [3.8, 4) is 0 Å². The molecule has 3 aromatic rings. The number of thiazole rings is 2. The van der Waals surface area contributed by atoms with E-state index in [1.807, 2.05) is 6.92 Å². The van der Waals surface area contributed by atoms with Gasteiger partial charge in [-0.25, -0.2) is 14.8 Å². The molecule has 0 bridgehead atoms. The number of carboxylic acid groups (broad SMARTS) is 1. The minimum Gasteiger partial charge on any atom is -0.477 e. The fraction of sp³-hybridized carbons (Fsp3) is 0.312. The third kappa shape index (κ3) is 3.01. The van der Waals surface area contributed by atoms with Crippen LogP contribution < -0.4 is 10.9 Å². The van der Waals surface area contributed by atoms with Gasteiger partial charge < -0.3 is 10.4 Å². The summed E-state index contributed by atoms with van der Waals surface area (Å²) >= 11 is 2.39. The van der Waals surface area contributed by atoms with Crippen LogP contribution in [0.2, 0.25) is 0 Å². The molecule has 0 aliphatic heterocycles. The molecule has 3 aromatic heterocycles. The first-order valence-corrected chi connectivity index (χ1v) is 9.33. The van der Waals surface area contributed by atoms with Crippen LogP contribution in [0, 0.1) is 20.8 Å². The number of fused-ring (bicyclic) bond motifs is 1. The van der Waals surface area contributed by atoms with Gasteiger partial charge in [0.1, 0.15) is 15.4 Å². The summed E-state index contributed by atoms with van der Waals surface area (Å²) in [6, 6.07) is -0.537. The first-order valence-electron chi connectivity index (χ1n) is 7.70. The summed E-state index contributed by atoms with van der Waals surface area (Å²) in [6.07, 6.45) is 1.27. The molecular weight excluding hydrogens is 376 g/mol. The molecule has 0 saturated carbocycles. The van der Waals surface area contributed by atoms with Crippen molar-refractivity contribution in [1.82, 2.24) is 19.7 Å². The summed E-state index contributed by atoms with van der Waals surface area (Å²) in [5.41, 5.74) is 0.656. The summed E-state index contributed by atoms with van der Waals surface area (Å²) < 4.78 is 1.43. The number of nitrogens with zero attached hydrogens (tertiary/aromatic N) is 3. The number of hydrogen-bond donors (Lipinski definition) is 2. The Morgan fingerprint density at radius 2 is 1.96 bits per heavy atom. The molecular formula is C16H16N4O4S2. The Labute approximate surface area is 156 Å². The van der Waals surface area contributed by atoms with Gasteiger partial charge >= 0.3 is 5.97 Å². The van der Waals surface area contributed by atoms with Crippen LogP contribution in [0.3, 0.4) is 0 Å². The van der Waals surface area contributed by atoms with E-state index in [0.717, 1.165) is 21.9 Å². The summed E-state index contributed by atoms with van der Waals surface area (Å²) in [4.78, 5) is 46.3. The Balaban J connectivity index is 1.90. The lowest BCUT2D eigenvalue weighted by Gasteiger charge is -2.11. The van der Waals surface area contributed by atoms with Crippen molar-refractivity contribution in [2.45, 2.75) is 33.7 Å². The van der Waals surface area contributed by atoms with Gasteiger partial charge in [0.2, 0.25) is 0 Å². The molecule has 136 valence electrons. The van der Waals surface area contributed by atoms with Crippen LogP contribution in [0.15, 0.2) is 11.0 Å². The van der Waals surface area contributed by atoms with Crippen LogP contribution in [0.1, 0.15) is 54.3 Å². The van der Waals surface area contributed by atoms with Crippen LogP contribution in [-0.4, -0.2) is 31.4 Å². The van der Waals surface area contributed by atoms with E-state index in [2.05, 4.69) is 15.3 Å². The number of nitrogens with one attached hydrogen (secondary N) is 1. The molecule has 1 amide bonds. The molecule has 0 spiro atoms. The molecule has 0 radical (unpaired) electrons. The number of amides is 1. The first-order chi connectivity index (χ1) is 12.2. The lowest BCUT2D eigenvalue weighted by atomic mass is 10.2. The fourth-order valence-corrected chi connectivity index (χ4v) is 4.31. The van der Waals surface area contributed by atoms with Crippen molar-refractivity contribution >= 4 is 39.5 Å². The molecule has 3 rings (SSSR count). The van der Waals surface area contributed by atoms with Crippen LogP contribution in [0.5, 0.6) is 0 Å². The van der Waals surface area contributed by atoms with E-state index in [0.29, 0.717) is 15.7 Å². The SMILES string of the molecule is Cc1nc(C(C)NC(=O)c2cnc3sc(C)c(C)n3c2=O)sc1C(=O)O. The summed E-state index contributed by atoms with van der Waals surface area (Å²) in [7, 11) is 0. The molecule has 8 nitrogen and oxygen atoms in total. The Morgan fingerprint density at radius 3 is 2.58 bits per heavy atom. The largest absolute Gasteiger partial charge is 0.477 e. The molecule has 0 aromatic carbocycles. The van der Waals surface area contributed by atoms with Gasteiger partial charge in [0.25, 0.3) is 11.5 Å². The molecule has 0 aliphatic rings. The summed E-state index contributed by atoms with van der Waals surface area (Å²) in [6.45, 7) is 6.98. The summed E-state index contributed by atoms with van der Waals surface area (Å²) in [5.74, 6) is -1.63. The first kappa shape index (κ1) is 18.2. The quantitative estimate of drug-likeness (QED) is 0.704. The molecule has 0 aliphatic carbocycles. The molecule has 1 atom stereocenters. The second-order valence-electron chi connectivity index (χ2n) is 5.81. The number of aromatic nitrogens is 3. The van der Waals surface area contributed by atoms with E-state index in [4.69, 9.17) is 5.11 Å². The molecule has 0 fully saturated rings. The van der Waals surface area contributed by atoms with E-state index in [1.165, 1.54) is 21.9 Å². The minimum atomic E-state index is -1.05. The molecule has 1 unspecified atom stereocenters. The maximum absolute atomic E-state index is 12.6. The van der Waals surface area contributed by atoms with E-state index in [1.54, 1.807) is 20.8 Å². The van der Waals surface area contributed by atoms with E-state index >= 15 is 0 Å². The lowest BCUT2D eigenvalue weighted by Crippen LogP contribution is -2.33. The minimum absolute atomic E-state index is 0.0676. The second kappa shape index (κ2) is 6.61. The Hall–Kier alpha value is -2.59. The van der Waals surface area contributed by atoms with Crippen molar-refractivity contribution in [3.63, 3.8) is 0 Å². The highest BCUT2D eigenvalue weighted by molar-refractivity contribution is 7.17. The predicted octanol–water partition coefficient (Wildman–Crippen LogP) is 2.33. The number of carbonyl (C=O) groups excluding carboxylic acids is 1. The smallest absolute Gasteiger partial charge is 0.347 e. The lowest BCUT2D eigenvalue weighted by molar-refractivity contribution is 0.0701. The highest BCUT2D eigenvalue weighted by Gasteiger charge is 2.22. The number of aromatic carboxylic acids is 1. The van der Waals surface area contributed by atoms with Crippen molar-refractivity contribution < 1.29 is 14.7 Å². The van der Waals surface area contributed by atoms with Gasteiger partial charge in [-0.15, -0.1) is 22.7 Å². The van der Waals surface area contributed by atoms with Crippen molar-refractivity contribution in [2.24, 2.45) is 0 Å². The normalized spacial score (nSPS) is 12.3. The zero-order valence-electron chi connectivity index (χ0n) is 14.5. The molecule has 0 saturated heterocycles. The van der Waals surface area contributed by atoms with Crippen LogP contribution in [0.25, 0.3) is 4.96 Å². The average Bonchev–Trinajstić information content (AvgIpc) is 3.09. The standard InChI is InChI=1S/C16H16N4O4S2/c1-6-11(15(23)24)26-13(19-6)7(2)18-12(21)10-5-17-16-20(14(10)22)8(3)9(4)25-16/h5,7H,1-4H3,(H,18,21)(H,23,24). The maximum Gasteiger partial charge on any atom is 0.347 e. The van der Waals surface area contributed by atoms with Crippen molar-refractivity contribution in [1.29, 1.82) is 0 Å². The third-order valence-corrected chi connectivity index (χ3v) is 6.39. The van der Waals surface area contributed by atoms with Gasteiger partial charge in [0.05, 0.1) is 11.7 Å². The zero-order chi connectivity index (χ0) is 19.2. The van der Waals surface area contributed by atoms with Crippen LogP contribution in [-0.2, 0) is 0 Å². The monoisotopic (exact) mass is 392 g/mol. The Kier molecular flexibility index (Phi) is 4.63. The van der Waals surface area contributed by atoms with E-state index in [9.17, 15) is 14.4 Å². The topological polar surface area (TPSA) is 114 Å². The zero-order valence-corrected chi connectivity index (χ0v) is 16.1. The van der Waals surface area contributed by atoms with E-state index < -0.39 is 23.5 Å². The van der Waals surface area contributed by atoms with Gasteiger partial charge in [-0.1, -0.05) is 0 Å². The Morgan fingerprint density at radius 1 is 1.27 bits per heavy atom. The molecule has 10 heteroatoms. The maximum atomic E-state index is 12.6. The molecule has 26 heavy (non-hydrogen) atoms. The third-order valence-electron chi connectivity index (χ3n) is 3.99. The molecule has 3 heterocycles. The van der Waals surface area contributed by atoms with Gasteiger partial charge in [0, 0.05) is 16.8 Å². The number of rotatable bonds is 4.